The number of rotatable bonds is 4. The molecule has 0 unspecified atom stereocenters. The van der Waals surface area contributed by atoms with E-state index in [2.05, 4.69) is 0 Å². The minimum atomic E-state index is -1.81. The molecule has 0 spiro atoms. The van der Waals surface area contributed by atoms with Crippen molar-refractivity contribution in [1.82, 2.24) is 4.57 Å². The van der Waals surface area contributed by atoms with Crippen molar-refractivity contribution in [2.24, 2.45) is 0 Å². The fourth-order valence-corrected chi connectivity index (χ4v) is 2.94. The van der Waals surface area contributed by atoms with E-state index < -0.39 is 56.8 Å². The Labute approximate surface area is 144 Å². The molecule has 1 aliphatic carbocycles. The lowest BCUT2D eigenvalue weighted by atomic mass is 10.0. The Balaban J connectivity index is 2.53. The van der Waals surface area contributed by atoms with Crippen molar-refractivity contribution >= 4 is 22.6 Å². The molecule has 1 aromatic heterocycles. The van der Waals surface area contributed by atoms with Gasteiger partial charge in [0.15, 0.2) is 5.82 Å². The lowest BCUT2D eigenvalue weighted by Gasteiger charge is -2.15. The molecule has 1 aliphatic rings. The number of halogens is 3. The molecule has 0 saturated heterocycles. The number of nitro benzene ring substituents is 1. The van der Waals surface area contributed by atoms with Crippen molar-refractivity contribution in [3.63, 3.8) is 0 Å². The average Bonchev–Trinajstić information content (AvgIpc) is 3.30. The number of benzene rings is 1. The Kier molecular flexibility index (Phi) is 4.21. The van der Waals surface area contributed by atoms with E-state index in [9.17, 15) is 32.9 Å². The minimum Gasteiger partial charge on any atom is -0.462 e. The van der Waals surface area contributed by atoms with Crippen molar-refractivity contribution in [2.75, 3.05) is 6.61 Å². The van der Waals surface area contributed by atoms with E-state index in [0.717, 1.165) is 17.7 Å². The number of carbonyl (C=O) groups is 1. The number of ether oxygens (including phenoxy) is 1. The van der Waals surface area contributed by atoms with Crippen LogP contribution in [0, 0.1) is 28.7 Å². The van der Waals surface area contributed by atoms with E-state index in [1.807, 2.05) is 0 Å². The van der Waals surface area contributed by atoms with E-state index in [1.165, 1.54) is 6.92 Å². The molecular formula is C16H13F3N2O5. The van der Waals surface area contributed by atoms with Gasteiger partial charge in [0.05, 0.1) is 23.1 Å². The first-order valence-electron chi connectivity index (χ1n) is 7.72. The highest BCUT2D eigenvalue weighted by molar-refractivity contribution is 5.98. The molecule has 7 nitrogen and oxygen atoms in total. The van der Waals surface area contributed by atoms with Crippen LogP contribution in [-0.4, -0.2) is 28.2 Å². The van der Waals surface area contributed by atoms with Crippen molar-refractivity contribution in [3.05, 3.63) is 49.3 Å². The Hall–Kier alpha value is -2.91. The molecule has 0 aliphatic heterocycles. The lowest BCUT2D eigenvalue weighted by molar-refractivity contribution is -0.386. The number of aryl methyl sites for hydroxylation is 1. The lowest BCUT2D eigenvalue weighted by Crippen LogP contribution is -2.23. The van der Waals surface area contributed by atoms with E-state index in [-0.39, 0.29) is 24.1 Å². The SMILES string of the molecule is CCOC(=O)c1cn([C@@H]2C[C@H]2F)c2c(C)c(F)c(F)c([N+](=O)[O-])c2c1=O. The van der Waals surface area contributed by atoms with Crippen LogP contribution < -0.4 is 5.43 Å². The third-order valence-corrected chi connectivity index (χ3v) is 4.27. The topological polar surface area (TPSA) is 91.4 Å². The number of pyridine rings is 1. The van der Waals surface area contributed by atoms with Gasteiger partial charge in [-0.3, -0.25) is 14.9 Å². The van der Waals surface area contributed by atoms with Crippen LogP contribution in [0.3, 0.4) is 0 Å². The fraction of sp³-hybridized carbons (Fsp3) is 0.375. The predicted octanol–water partition coefficient (Wildman–Crippen LogP) is 2.96. The Bertz CT molecular complexity index is 1020. The van der Waals surface area contributed by atoms with Gasteiger partial charge in [0.2, 0.25) is 11.2 Å². The summed E-state index contributed by atoms with van der Waals surface area (Å²) < 4.78 is 47.8. The number of alkyl halides is 1. The number of nitrogens with zero attached hydrogens (tertiary/aromatic N) is 2. The van der Waals surface area contributed by atoms with Crippen molar-refractivity contribution < 1.29 is 27.6 Å². The molecule has 0 bridgehead atoms. The van der Waals surface area contributed by atoms with E-state index in [1.54, 1.807) is 0 Å². The molecule has 0 radical (unpaired) electrons. The van der Waals surface area contributed by atoms with Crippen molar-refractivity contribution in [2.45, 2.75) is 32.5 Å². The second-order valence-electron chi connectivity index (χ2n) is 5.90. The first kappa shape index (κ1) is 17.9. The molecule has 1 heterocycles. The molecule has 2 atom stereocenters. The predicted molar refractivity (Wildman–Crippen MR) is 84.0 cm³/mol. The summed E-state index contributed by atoms with van der Waals surface area (Å²) in [5, 5.41) is 10.5. The van der Waals surface area contributed by atoms with Crippen LogP contribution in [-0.2, 0) is 4.74 Å². The van der Waals surface area contributed by atoms with Crippen LogP contribution in [0.25, 0.3) is 10.9 Å². The fourth-order valence-electron chi connectivity index (χ4n) is 2.94. The highest BCUT2D eigenvalue weighted by atomic mass is 19.2. The quantitative estimate of drug-likeness (QED) is 0.469. The van der Waals surface area contributed by atoms with Gasteiger partial charge in [0, 0.05) is 18.2 Å². The highest BCUT2D eigenvalue weighted by Gasteiger charge is 2.42. The van der Waals surface area contributed by atoms with Crippen molar-refractivity contribution in [1.29, 1.82) is 0 Å². The summed E-state index contributed by atoms with van der Waals surface area (Å²) in [6.45, 7) is 2.53. The van der Waals surface area contributed by atoms with Crippen LogP contribution in [0.15, 0.2) is 11.0 Å². The molecule has 3 rings (SSSR count). The summed E-state index contributed by atoms with van der Waals surface area (Å²) in [5.41, 5.74) is -3.84. The van der Waals surface area contributed by atoms with Gasteiger partial charge >= 0.3 is 11.7 Å². The largest absolute Gasteiger partial charge is 0.462 e. The normalized spacial score (nSPS) is 18.8. The summed E-state index contributed by atoms with van der Waals surface area (Å²) in [6, 6.07) is -0.838. The third-order valence-electron chi connectivity index (χ3n) is 4.27. The van der Waals surface area contributed by atoms with Gasteiger partial charge < -0.3 is 9.30 Å². The van der Waals surface area contributed by atoms with Crippen LogP contribution in [0.4, 0.5) is 18.9 Å². The average molecular weight is 370 g/mol. The molecule has 1 fully saturated rings. The van der Waals surface area contributed by atoms with Crippen LogP contribution in [0.1, 0.15) is 35.3 Å². The number of esters is 1. The Morgan fingerprint density at radius 2 is 2.04 bits per heavy atom. The maximum absolute atomic E-state index is 14.2. The monoisotopic (exact) mass is 370 g/mol. The molecule has 138 valence electrons. The van der Waals surface area contributed by atoms with Gasteiger partial charge in [-0.05, 0) is 13.8 Å². The molecule has 0 amide bonds. The zero-order valence-electron chi connectivity index (χ0n) is 13.7. The maximum Gasteiger partial charge on any atom is 0.343 e. The van der Waals surface area contributed by atoms with E-state index in [0.29, 0.717) is 0 Å². The van der Waals surface area contributed by atoms with Crippen LogP contribution in [0.5, 0.6) is 0 Å². The van der Waals surface area contributed by atoms with E-state index in [4.69, 9.17) is 4.74 Å². The van der Waals surface area contributed by atoms with Gasteiger partial charge in [-0.15, -0.1) is 0 Å². The third kappa shape index (κ3) is 2.52. The van der Waals surface area contributed by atoms with Gasteiger partial charge in [-0.2, -0.15) is 4.39 Å². The number of hydrogen-bond donors (Lipinski definition) is 0. The summed E-state index contributed by atoms with van der Waals surface area (Å²) in [5.74, 6) is -4.39. The Morgan fingerprint density at radius 1 is 1.42 bits per heavy atom. The zero-order valence-corrected chi connectivity index (χ0v) is 13.7. The summed E-state index contributed by atoms with van der Waals surface area (Å²) in [6.07, 6.45) is -0.324. The van der Waals surface area contributed by atoms with Crippen LogP contribution in [0.2, 0.25) is 0 Å². The summed E-state index contributed by atoms with van der Waals surface area (Å²) in [7, 11) is 0. The smallest absolute Gasteiger partial charge is 0.343 e. The van der Waals surface area contributed by atoms with Gasteiger partial charge in [-0.1, -0.05) is 0 Å². The zero-order chi connectivity index (χ0) is 19.3. The molecule has 1 saturated carbocycles. The standard InChI is InChI=1S/C16H13F3N2O5/c1-3-26-16(23)7-5-20(9-4-8(9)17)13-6(2)11(18)12(19)14(21(24)25)10(13)15(7)22/h5,8-9H,3-4H2,1-2H3/t8-,9-/m1/s1. The maximum atomic E-state index is 14.2. The highest BCUT2D eigenvalue weighted by Crippen LogP contribution is 2.43. The molecule has 0 N–H and O–H groups in total. The second-order valence-corrected chi connectivity index (χ2v) is 5.90. The molecule has 1 aromatic carbocycles. The number of hydrogen-bond acceptors (Lipinski definition) is 5. The first-order chi connectivity index (χ1) is 12.2. The number of fused-ring (bicyclic) bond motifs is 1. The summed E-state index contributed by atoms with van der Waals surface area (Å²) >= 11 is 0. The molecule has 10 heteroatoms. The second kappa shape index (κ2) is 6.11. The number of carbonyl (C=O) groups excluding carboxylic acids is 1. The minimum absolute atomic E-state index is 0.0203. The van der Waals surface area contributed by atoms with Crippen molar-refractivity contribution in [3.8, 4) is 0 Å². The van der Waals surface area contributed by atoms with E-state index >= 15 is 0 Å². The molecule has 26 heavy (non-hydrogen) atoms. The molecular weight excluding hydrogens is 357 g/mol. The molecule has 2 aromatic rings. The van der Waals surface area contributed by atoms with Gasteiger partial charge in [-0.25, -0.2) is 13.6 Å². The van der Waals surface area contributed by atoms with Gasteiger partial charge in [0.1, 0.15) is 17.1 Å². The summed E-state index contributed by atoms with van der Waals surface area (Å²) in [4.78, 5) is 34.7. The van der Waals surface area contributed by atoms with Crippen LogP contribution >= 0.6 is 0 Å². The number of nitro groups is 1. The number of aromatic nitrogens is 1. The first-order valence-corrected chi connectivity index (χ1v) is 7.72. The van der Waals surface area contributed by atoms with Gasteiger partial charge in [0.25, 0.3) is 0 Å². The Morgan fingerprint density at radius 3 is 2.54 bits per heavy atom.